The number of ether oxygens (including phenoxy) is 4. The van der Waals surface area contributed by atoms with Gasteiger partial charge in [0.15, 0.2) is 0 Å². The van der Waals surface area contributed by atoms with Crippen LogP contribution in [0.15, 0.2) is 34.4 Å². The summed E-state index contributed by atoms with van der Waals surface area (Å²) in [6.07, 6.45) is 0. The number of amides is 2. The minimum Gasteiger partial charge on any atom is -0.495 e. The molecule has 2 aliphatic heterocycles. The van der Waals surface area contributed by atoms with Crippen molar-refractivity contribution in [2.45, 2.75) is 24.8 Å². The molecule has 1 fully saturated rings. The monoisotopic (exact) mass is 497 g/mol. The van der Waals surface area contributed by atoms with Crippen LogP contribution in [0.2, 0.25) is 0 Å². The normalized spacial score (nSPS) is 19.1. The van der Waals surface area contributed by atoms with Crippen molar-refractivity contribution in [3.05, 3.63) is 35.0 Å². The zero-order chi connectivity index (χ0) is 24.9. The second-order valence-corrected chi connectivity index (χ2v) is 9.30. The van der Waals surface area contributed by atoms with E-state index in [9.17, 15) is 22.8 Å². The van der Waals surface area contributed by atoms with E-state index in [0.717, 1.165) is 0 Å². The summed E-state index contributed by atoms with van der Waals surface area (Å²) >= 11 is 0. The van der Waals surface area contributed by atoms with Crippen molar-refractivity contribution in [1.29, 1.82) is 0 Å². The first-order chi connectivity index (χ1) is 16.2. The number of benzene rings is 1. The predicted molar refractivity (Wildman–Crippen MR) is 118 cm³/mol. The minimum absolute atomic E-state index is 0.0424. The molecular weight excluding hydrogens is 470 g/mol. The molecule has 1 aromatic rings. The zero-order valence-electron chi connectivity index (χ0n) is 19.1. The summed E-state index contributed by atoms with van der Waals surface area (Å²) in [5.74, 6) is -1.43. The van der Waals surface area contributed by atoms with Gasteiger partial charge in [-0.25, -0.2) is 22.8 Å². The summed E-state index contributed by atoms with van der Waals surface area (Å²) in [6.45, 7) is 3.82. The number of methoxy groups -OCH3 is 1. The van der Waals surface area contributed by atoms with Gasteiger partial charge < -0.3 is 29.6 Å². The third kappa shape index (κ3) is 5.48. The number of esters is 2. The quantitative estimate of drug-likeness (QED) is 0.486. The fourth-order valence-corrected chi connectivity index (χ4v) is 5.14. The molecule has 0 aliphatic carbocycles. The first-order valence-corrected chi connectivity index (χ1v) is 12.0. The molecule has 0 aromatic heterocycles. The Bertz CT molecular complexity index is 1090. The average Bonchev–Trinajstić information content (AvgIpc) is 2.82. The topological polar surface area (TPSA) is 150 Å². The van der Waals surface area contributed by atoms with Gasteiger partial charge in [0.25, 0.3) is 0 Å². The summed E-state index contributed by atoms with van der Waals surface area (Å²) in [4.78, 5) is 36.7. The lowest BCUT2D eigenvalue weighted by molar-refractivity contribution is -0.139. The van der Waals surface area contributed by atoms with Crippen LogP contribution >= 0.6 is 0 Å². The molecule has 3 rings (SSSR count). The van der Waals surface area contributed by atoms with Gasteiger partial charge in [-0.05, 0) is 32.0 Å². The molecule has 13 heteroatoms. The Kier molecular flexibility index (Phi) is 8.12. The van der Waals surface area contributed by atoms with E-state index in [0.29, 0.717) is 0 Å². The van der Waals surface area contributed by atoms with Crippen LogP contribution in [0, 0.1) is 0 Å². The number of hydrogen-bond acceptors (Lipinski definition) is 9. The van der Waals surface area contributed by atoms with Crippen LogP contribution in [0.1, 0.15) is 24.2 Å². The Morgan fingerprint density at radius 1 is 1.18 bits per heavy atom. The molecule has 12 nitrogen and oxygen atoms in total. The van der Waals surface area contributed by atoms with Crippen LogP contribution in [-0.2, 0) is 29.0 Å². The molecule has 2 heterocycles. The van der Waals surface area contributed by atoms with Crippen LogP contribution in [0.3, 0.4) is 0 Å². The zero-order valence-corrected chi connectivity index (χ0v) is 19.9. The second kappa shape index (κ2) is 10.8. The molecule has 0 spiro atoms. The highest BCUT2D eigenvalue weighted by molar-refractivity contribution is 7.89. The molecule has 186 valence electrons. The van der Waals surface area contributed by atoms with Crippen LogP contribution in [0.4, 0.5) is 4.79 Å². The molecule has 2 aliphatic rings. The van der Waals surface area contributed by atoms with Crippen LogP contribution in [-0.4, -0.2) is 83.4 Å². The van der Waals surface area contributed by atoms with Gasteiger partial charge in [-0.1, -0.05) is 0 Å². The maximum atomic E-state index is 13.1. The number of urea groups is 1. The highest BCUT2D eigenvalue weighted by Gasteiger charge is 2.32. The van der Waals surface area contributed by atoms with E-state index >= 15 is 0 Å². The summed E-state index contributed by atoms with van der Waals surface area (Å²) in [5, 5.41) is 5.00. The number of hydrogen-bond donors (Lipinski definition) is 2. The van der Waals surface area contributed by atoms with E-state index in [2.05, 4.69) is 10.6 Å². The lowest BCUT2D eigenvalue weighted by Crippen LogP contribution is -2.50. The number of carbonyl (C=O) groups excluding carboxylic acids is 3. The maximum Gasteiger partial charge on any atom is 0.338 e. The van der Waals surface area contributed by atoms with Crippen LogP contribution in [0.5, 0.6) is 5.75 Å². The Labute approximate surface area is 197 Å². The molecule has 2 amide bonds. The van der Waals surface area contributed by atoms with E-state index in [4.69, 9.17) is 18.9 Å². The van der Waals surface area contributed by atoms with Gasteiger partial charge in [0.05, 0.1) is 49.8 Å². The molecule has 34 heavy (non-hydrogen) atoms. The van der Waals surface area contributed by atoms with Gasteiger partial charge in [-0.15, -0.1) is 0 Å². The van der Waals surface area contributed by atoms with E-state index in [1.54, 1.807) is 13.8 Å². The largest absolute Gasteiger partial charge is 0.495 e. The Morgan fingerprint density at radius 3 is 2.53 bits per heavy atom. The van der Waals surface area contributed by atoms with Crippen molar-refractivity contribution in [3.63, 3.8) is 0 Å². The lowest BCUT2D eigenvalue weighted by atomic mass is 10.0. The van der Waals surface area contributed by atoms with Crippen molar-refractivity contribution in [2.75, 3.05) is 46.6 Å². The number of carbonyl (C=O) groups is 3. The van der Waals surface area contributed by atoms with Crippen LogP contribution in [0.25, 0.3) is 0 Å². The molecular formula is C21H27N3O9S. The number of morpholine rings is 1. The smallest absolute Gasteiger partial charge is 0.338 e. The molecule has 0 bridgehead atoms. The van der Waals surface area contributed by atoms with Crippen molar-refractivity contribution >= 4 is 28.0 Å². The molecule has 0 radical (unpaired) electrons. The molecule has 1 unspecified atom stereocenters. The van der Waals surface area contributed by atoms with Gasteiger partial charge in [0.2, 0.25) is 10.0 Å². The lowest BCUT2D eigenvalue weighted by Gasteiger charge is -2.27. The van der Waals surface area contributed by atoms with E-state index in [-0.39, 0.29) is 60.4 Å². The number of rotatable bonds is 8. The van der Waals surface area contributed by atoms with E-state index in [1.807, 2.05) is 0 Å². The fourth-order valence-electron chi connectivity index (χ4n) is 3.55. The van der Waals surface area contributed by atoms with Crippen molar-refractivity contribution in [2.24, 2.45) is 0 Å². The Hall–Kier alpha value is -3.16. The third-order valence-electron chi connectivity index (χ3n) is 5.20. The molecule has 2 N–H and O–H groups in total. The minimum atomic E-state index is -3.95. The Morgan fingerprint density at radius 2 is 1.88 bits per heavy atom. The molecule has 1 aromatic carbocycles. The summed E-state index contributed by atoms with van der Waals surface area (Å²) in [6, 6.07) is 2.68. The molecule has 1 atom stereocenters. The first kappa shape index (κ1) is 25.5. The van der Waals surface area contributed by atoms with E-state index in [1.165, 1.54) is 29.6 Å². The summed E-state index contributed by atoms with van der Waals surface area (Å²) in [7, 11) is -2.62. The van der Waals surface area contributed by atoms with Crippen LogP contribution < -0.4 is 15.4 Å². The van der Waals surface area contributed by atoms with Gasteiger partial charge in [0.1, 0.15) is 17.3 Å². The van der Waals surface area contributed by atoms with Gasteiger partial charge in [-0.2, -0.15) is 4.31 Å². The van der Waals surface area contributed by atoms with E-state index < -0.39 is 40.6 Å². The van der Waals surface area contributed by atoms with Crippen molar-refractivity contribution in [3.8, 4) is 5.75 Å². The third-order valence-corrected chi connectivity index (χ3v) is 7.12. The van der Waals surface area contributed by atoms with Crippen molar-refractivity contribution < 1.29 is 41.7 Å². The maximum absolute atomic E-state index is 13.1. The Balaban J connectivity index is 1.84. The average molecular weight is 498 g/mol. The fraction of sp³-hybridized carbons (Fsp3) is 0.476. The standard InChI is InChI=1S/C21H27N3O9S/c1-4-32-20(26)18-13(2)22-21(27)23-15(18)12-33-19(25)14-5-6-16(30-3)17(11-14)34(28,29)24-7-9-31-10-8-24/h5-6,11,13H,4,7-10,12H2,1-3H3,(H2,22,23,27). The predicted octanol–water partition coefficient (Wildman–Crippen LogP) is 0.391. The van der Waals surface area contributed by atoms with Gasteiger partial charge in [-0.3, -0.25) is 0 Å². The van der Waals surface area contributed by atoms with Crippen molar-refractivity contribution in [1.82, 2.24) is 14.9 Å². The summed E-state index contributed by atoms with van der Waals surface area (Å²) < 4.78 is 48.2. The molecule has 0 saturated carbocycles. The summed E-state index contributed by atoms with van der Waals surface area (Å²) in [5.41, 5.74) is 0.163. The second-order valence-electron chi connectivity index (χ2n) is 7.39. The number of sulfonamides is 1. The highest BCUT2D eigenvalue weighted by atomic mass is 32.2. The molecule has 1 saturated heterocycles. The highest BCUT2D eigenvalue weighted by Crippen LogP contribution is 2.29. The number of nitrogens with one attached hydrogen (secondary N) is 2. The SMILES string of the molecule is CCOC(=O)C1=C(COC(=O)c2ccc(OC)c(S(=O)(=O)N3CCOCC3)c2)NC(=O)NC1C. The van der Waals surface area contributed by atoms with Gasteiger partial charge >= 0.3 is 18.0 Å². The first-order valence-electron chi connectivity index (χ1n) is 10.6. The number of nitrogens with zero attached hydrogens (tertiary/aromatic N) is 1. The van der Waals surface area contributed by atoms with Gasteiger partial charge in [0, 0.05) is 13.1 Å².